The quantitative estimate of drug-likeness (QED) is 0.254. The van der Waals surface area contributed by atoms with Gasteiger partial charge in [0.05, 0.1) is 12.1 Å². The number of nitrogens with two attached hydrogens (primary N) is 1. The average Bonchev–Trinajstić information content (AvgIpc) is 3.38. The topological polar surface area (TPSA) is 123 Å². The number of benzene rings is 2. The smallest absolute Gasteiger partial charge is 0.244 e. The number of fused-ring (bicyclic) bond motifs is 1. The van der Waals surface area contributed by atoms with Crippen molar-refractivity contribution in [3.8, 4) is 10.4 Å². The van der Waals surface area contributed by atoms with Gasteiger partial charge in [0.1, 0.15) is 30.7 Å². The van der Waals surface area contributed by atoms with Crippen molar-refractivity contribution < 1.29 is 17.2 Å². The van der Waals surface area contributed by atoms with E-state index >= 15 is 0 Å². The molecule has 190 valence electrons. The second kappa shape index (κ2) is 10.4. The number of nitrogen functional groups attached to an aromatic ring is 1. The van der Waals surface area contributed by atoms with E-state index in [9.17, 15) is 17.2 Å². The van der Waals surface area contributed by atoms with Crippen LogP contribution in [0.15, 0.2) is 72.0 Å². The summed E-state index contributed by atoms with van der Waals surface area (Å²) in [7, 11) is 1.71. The summed E-state index contributed by atoms with van der Waals surface area (Å²) in [6.45, 7) is 0.0511. The molecule has 3 heterocycles. The zero-order valence-electron chi connectivity index (χ0n) is 19.7. The maximum atomic E-state index is 13.5. The molecule has 5 rings (SSSR count). The molecule has 4 N–H and O–H groups in total. The van der Waals surface area contributed by atoms with Crippen LogP contribution < -0.4 is 21.2 Å². The molecule has 38 heavy (non-hydrogen) atoms. The normalized spacial score (nSPS) is 11.6. The highest BCUT2D eigenvalue weighted by Gasteiger charge is 2.20. The Morgan fingerprint density at radius 1 is 0.947 bits per heavy atom. The number of nitrogens with zero attached hydrogens (tertiary/aromatic N) is 3. The van der Waals surface area contributed by atoms with Gasteiger partial charge in [-0.1, -0.05) is 17.6 Å². The van der Waals surface area contributed by atoms with Crippen LogP contribution in [0.1, 0.15) is 10.4 Å². The number of rotatable bonds is 8. The Labute approximate surface area is 222 Å². The number of aromatic nitrogens is 3. The van der Waals surface area contributed by atoms with E-state index in [1.54, 1.807) is 0 Å². The average molecular weight is 548 g/mol. The van der Waals surface area contributed by atoms with Crippen LogP contribution >= 0.6 is 11.3 Å². The van der Waals surface area contributed by atoms with Gasteiger partial charge < -0.3 is 11.1 Å². The maximum absolute atomic E-state index is 13.5. The molecule has 0 spiro atoms. The molecule has 0 aliphatic heterocycles. The van der Waals surface area contributed by atoms with Gasteiger partial charge in [0.15, 0.2) is 11.6 Å². The molecular formula is C25H19BF2N6O2S2. The van der Waals surface area contributed by atoms with Crippen molar-refractivity contribution in [3.63, 3.8) is 0 Å². The fourth-order valence-corrected chi connectivity index (χ4v) is 5.86. The largest absolute Gasteiger partial charge is 0.383 e. The van der Waals surface area contributed by atoms with Crippen molar-refractivity contribution in [2.75, 3.05) is 11.1 Å². The molecule has 5 aromatic rings. The highest BCUT2D eigenvalue weighted by atomic mass is 32.2. The van der Waals surface area contributed by atoms with Crippen molar-refractivity contribution in [2.45, 2.75) is 18.0 Å². The number of halogens is 2. The van der Waals surface area contributed by atoms with E-state index in [2.05, 4.69) is 25.0 Å². The highest BCUT2D eigenvalue weighted by molar-refractivity contribution is 7.89. The van der Waals surface area contributed by atoms with Crippen LogP contribution in [-0.4, -0.2) is 31.2 Å². The minimum atomic E-state index is -4.09. The lowest BCUT2D eigenvalue weighted by atomic mass is 9.99. The van der Waals surface area contributed by atoms with Crippen LogP contribution in [0.2, 0.25) is 0 Å². The van der Waals surface area contributed by atoms with Crippen molar-refractivity contribution >= 4 is 57.2 Å². The van der Waals surface area contributed by atoms with Gasteiger partial charge in [0.2, 0.25) is 10.0 Å². The summed E-state index contributed by atoms with van der Waals surface area (Å²) in [5.41, 5.74) is 8.10. The summed E-state index contributed by atoms with van der Waals surface area (Å²) in [4.78, 5) is 14.2. The number of hydrogen-bond acceptors (Lipinski definition) is 8. The van der Waals surface area contributed by atoms with Gasteiger partial charge >= 0.3 is 0 Å². The Morgan fingerprint density at radius 3 is 2.61 bits per heavy atom. The van der Waals surface area contributed by atoms with E-state index in [-0.39, 0.29) is 28.3 Å². The second-order valence-electron chi connectivity index (χ2n) is 8.30. The van der Waals surface area contributed by atoms with Crippen molar-refractivity contribution in [2.24, 2.45) is 0 Å². The monoisotopic (exact) mass is 548 g/mol. The Hall–Kier alpha value is -3.94. The first kappa shape index (κ1) is 25.7. The molecule has 0 amide bonds. The van der Waals surface area contributed by atoms with Crippen molar-refractivity contribution in [1.29, 1.82) is 0 Å². The summed E-state index contributed by atoms with van der Waals surface area (Å²) in [5, 5.41) is 3.82. The van der Waals surface area contributed by atoms with Crippen LogP contribution in [0.4, 0.5) is 20.4 Å². The van der Waals surface area contributed by atoms with Crippen LogP contribution in [0.3, 0.4) is 0 Å². The first-order valence-electron chi connectivity index (χ1n) is 11.2. The van der Waals surface area contributed by atoms with Gasteiger partial charge in [-0.25, -0.2) is 36.9 Å². The van der Waals surface area contributed by atoms with E-state index < -0.39 is 21.7 Å². The van der Waals surface area contributed by atoms with Crippen molar-refractivity contribution in [3.05, 3.63) is 89.2 Å². The fourth-order valence-electron chi connectivity index (χ4n) is 3.73. The standard InChI is InChI=1S/C25H19BF2N6O2S2/c26-16-9-23(38(35,36)34-10-14-1-4-19(27)20(28)7-14)25(30-11-16)31-12-17-3-6-22(37-17)15-2-5-21-18(8-15)24(29)33-13-32-21/h1-9,11,13,34H,10,12H2,(H,30,31)(H2,29,32,33). The van der Waals surface area contributed by atoms with E-state index in [4.69, 9.17) is 13.6 Å². The molecule has 0 aliphatic rings. The van der Waals surface area contributed by atoms with Gasteiger partial charge in [0.25, 0.3) is 0 Å². The van der Waals surface area contributed by atoms with E-state index in [1.165, 1.54) is 36.0 Å². The lowest BCUT2D eigenvalue weighted by molar-refractivity contribution is 0.506. The molecule has 2 aromatic carbocycles. The van der Waals surface area contributed by atoms with E-state index in [0.29, 0.717) is 12.4 Å². The summed E-state index contributed by atoms with van der Waals surface area (Å²) < 4.78 is 55.1. The minimum Gasteiger partial charge on any atom is -0.383 e. The summed E-state index contributed by atoms with van der Waals surface area (Å²) in [6, 6.07) is 14.1. The minimum absolute atomic E-state index is 0.0996. The molecule has 0 saturated heterocycles. The molecule has 8 nitrogen and oxygen atoms in total. The third-order valence-electron chi connectivity index (χ3n) is 5.66. The molecule has 2 radical (unpaired) electrons. The van der Waals surface area contributed by atoms with Gasteiger partial charge in [-0.05, 0) is 53.6 Å². The molecule has 0 bridgehead atoms. The highest BCUT2D eigenvalue weighted by Crippen LogP contribution is 2.31. The van der Waals surface area contributed by atoms with Crippen LogP contribution in [0, 0.1) is 11.6 Å². The molecule has 13 heteroatoms. The third-order valence-corrected chi connectivity index (χ3v) is 8.21. The molecule has 0 unspecified atom stereocenters. The summed E-state index contributed by atoms with van der Waals surface area (Å²) in [5.74, 6) is -1.58. The lowest BCUT2D eigenvalue weighted by Gasteiger charge is -2.13. The summed E-state index contributed by atoms with van der Waals surface area (Å²) in [6.07, 6.45) is 2.77. The Morgan fingerprint density at radius 2 is 1.79 bits per heavy atom. The summed E-state index contributed by atoms with van der Waals surface area (Å²) >= 11 is 1.52. The van der Waals surface area contributed by atoms with Crippen LogP contribution in [0.25, 0.3) is 21.3 Å². The molecule has 0 atom stereocenters. The number of anilines is 2. The SMILES string of the molecule is [B]c1cnc(NCc2ccc(-c3ccc4ncnc(N)c4c3)s2)c(S(=O)(=O)NCc2ccc(F)c(F)c2)c1. The van der Waals surface area contributed by atoms with E-state index in [0.717, 1.165) is 38.4 Å². The first-order valence-corrected chi connectivity index (χ1v) is 13.5. The second-order valence-corrected chi connectivity index (χ2v) is 11.2. The zero-order valence-corrected chi connectivity index (χ0v) is 21.3. The fraction of sp³-hybridized carbons (Fsp3) is 0.0800. The van der Waals surface area contributed by atoms with Crippen molar-refractivity contribution in [1.82, 2.24) is 19.7 Å². The van der Waals surface area contributed by atoms with Gasteiger partial charge in [0, 0.05) is 27.9 Å². The Kier molecular flexibility index (Phi) is 7.06. The molecule has 0 saturated carbocycles. The molecule has 0 aliphatic carbocycles. The number of sulfonamides is 1. The van der Waals surface area contributed by atoms with Gasteiger partial charge in [-0.3, -0.25) is 0 Å². The zero-order chi connectivity index (χ0) is 26.9. The van der Waals surface area contributed by atoms with Crippen LogP contribution in [-0.2, 0) is 23.1 Å². The van der Waals surface area contributed by atoms with Gasteiger partial charge in [-0.2, -0.15) is 0 Å². The number of nitrogens with one attached hydrogen (secondary N) is 2. The van der Waals surface area contributed by atoms with E-state index in [1.807, 2.05) is 30.3 Å². The Bertz CT molecular complexity index is 1760. The van der Waals surface area contributed by atoms with Gasteiger partial charge in [-0.15, -0.1) is 11.3 Å². The number of pyridine rings is 1. The maximum Gasteiger partial charge on any atom is 0.244 e. The molecular weight excluding hydrogens is 529 g/mol. The third kappa shape index (κ3) is 5.49. The first-order chi connectivity index (χ1) is 18.2. The number of hydrogen-bond donors (Lipinski definition) is 3. The number of thiophene rings is 1. The molecule has 3 aromatic heterocycles. The predicted molar refractivity (Wildman–Crippen MR) is 145 cm³/mol. The lowest BCUT2D eigenvalue weighted by Crippen LogP contribution is -2.26. The Balaban J connectivity index is 1.33. The predicted octanol–water partition coefficient (Wildman–Crippen LogP) is 3.50. The molecule has 0 fully saturated rings. The van der Waals surface area contributed by atoms with Crippen LogP contribution in [0.5, 0.6) is 0 Å².